The summed E-state index contributed by atoms with van der Waals surface area (Å²) in [6, 6.07) is 10.1. The fraction of sp³-hybridized carbons (Fsp3) is 0.571. The van der Waals surface area contributed by atoms with Gasteiger partial charge in [-0.3, -0.25) is 0 Å². The lowest BCUT2D eigenvalue weighted by molar-refractivity contribution is -0.130. The summed E-state index contributed by atoms with van der Waals surface area (Å²) in [6.07, 6.45) is -0.212. The molecule has 0 aromatic heterocycles. The van der Waals surface area contributed by atoms with E-state index in [1.54, 1.807) is 0 Å². The molecule has 0 spiro atoms. The molecule has 4 heteroatoms. The lowest BCUT2D eigenvalue weighted by Crippen LogP contribution is -2.15. The summed E-state index contributed by atoms with van der Waals surface area (Å²) < 4.78 is 10.2. The molecular weight excluding hydrogens is 271 g/mol. The van der Waals surface area contributed by atoms with Crippen LogP contribution in [0.4, 0.5) is 0 Å². The van der Waals surface area contributed by atoms with Crippen LogP contribution >= 0.6 is 23.2 Å². The fourth-order valence-electron chi connectivity index (χ4n) is 2.23. The van der Waals surface area contributed by atoms with Gasteiger partial charge < -0.3 is 9.47 Å². The standard InChI is InChI=1S/C14H18Cl2O2/c1-3-17-10(2)18-9-12-13(14(12,15)16)11-7-5-4-6-8-11/h4-8,10,12-13H,3,9H2,1-2H3. The van der Waals surface area contributed by atoms with E-state index in [-0.39, 0.29) is 18.1 Å². The number of hydrogen-bond acceptors (Lipinski definition) is 2. The van der Waals surface area contributed by atoms with Gasteiger partial charge in [0.2, 0.25) is 0 Å². The summed E-state index contributed by atoms with van der Waals surface area (Å²) in [5, 5.41) is 0. The molecule has 1 aliphatic carbocycles. The third-order valence-corrected chi connectivity index (χ3v) is 4.30. The molecule has 0 radical (unpaired) electrons. The highest BCUT2D eigenvalue weighted by Gasteiger charge is 2.63. The van der Waals surface area contributed by atoms with Gasteiger partial charge in [-0.05, 0) is 19.4 Å². The molecule has 0 aliphatic heterocycles. The number of ether oxygens (including phenoxy) is 2. The second-order valence-corrected chi connectivity index (χ2v) is 5.97. The molecule has 0 N–H and O–H groups in total. The monoisotopic (exact) mass is 288 g/mol. The molecule has 3 atom stereocenters. The molecule has 1 aromatic carbocycles. The van der Waals surface area contributed by atoms with Crippen molar-refractivity contribution in [1.82, 2.24) is 0 Å². The van der Waals surface area contributed by atoms with E-state index in [1.807, 2.05) is 32.0 Å². The van der Waals surface area contributed by atoms with Crippen molar-refractivity contribution < 1.29 is 9.47 Å². The quantitative estimate of drug-likeness (QED) is 0.582. The van der Waals surface area contributed by atoms with Gasteiger partial charge in [0.25, 0.3) is 0 Å². The molecular formula is C14H18Cl2O2. The summed E-state index contributed by atoms with van der Waals surface area (Å²) in [5.74, 6) is 0.280. The van der Waals surface area contributed by atoms with Crippen molar-refractivity contribution in [2.24, 2.45) is 5.92 Å². The highest BCUT2D eigenvalue weighted by molar-refractivity contribution is 6.51. The van der Waals surface area contributed by atoms with Gasteiger partial charge in [0, 0.05) is 18.4 Å². The first kappa shape index (κ1) is 14.1. The third-order valence-electron chi connectivity index (χ3n) is 3.27. The van der Waals surface area contributed by atoms with Crippen LogP contribution in [0.5, 0.6) is 0 Å². The van der Waals surface area contributed by atoms with Crippen LogP contribution in [0.2, 0.25) is 0 Å². The summed E-state index contributed by atoms with van der Waals surface area (Å²) in [6.45, 7) is 4.99. The van der Waals surface area contributed by atoms with Gasteiger partial charge >= 0.3 is 0 Å². The predicted octanol–water partition coefficient (Wildman–Crippen LogP) is 3.97. The summed E-state index contributed by atoms with van der Waals surface area (Å²) in [5.41, 5.74) is 1.17. The Morgan fingerprint density at radius 3 is 2.50 bits per heavy atom. The van der Waals surface area contributed by atoms with Crippen molar-refractivity contribution in [1.29, 1.82) is 0 Å². The van der Waals surface area contributed by atoms with Gasteiger partial charge in [-0.15, -0.1) is 23.2 Å². The zero-order valence-electron chi connectivity index (χ0n) is 10.6. The molecule has 2 rings (SSSR count). The number of halogens is 2. The van der Waals surface area contributed by atoms with Crippen molar-refractivity contribution in [3.63, 3.8) is 0 Å². The van der Waals surface area contributed by atoms with Crippen molar-refractivity contribution in [2.75, 3.05) is 13.2 Å². The topological polar surface area (TPSA) is 18.5 Å². The molecule has 0 saturated heterocycles. The predicted molar refractivity (Wildman–Crippen MR) is 74.2 cm³/mol. The average molecular weight is 289 g/mol. The smallest absolute Gasteiger partial charge is 0.154 e. The molecule has 1 saturated carbocycles. The SMILES string of the molecule is CCOC(C)OCC1C(c2ccccc2)C1(Cl)Cl. The molecule has 0 bridgehead atoms. The molecule has 0 heterocycles. The minimum absolute atomic E-state index is 0.131. The van der Waals surface area contributed by atoms with Crippen LogP contribution in [-0.4, -0.2) is 23.8 Å². The zero-order valence-corrected chi connectivity index (χ0v) is 12.1. The maximum atomic E-state index is 6.31. The molecule has 1 fully saturated rings. The Hall–Kier alpha value is -0.280. The first-order chi connectivity index (χ1) is 8.57. The number of benzene rings is 1. The molecule has 1 aromatic rings. The van der Waals surface area contributed by atoms with E-state index < -0.39 is 4.33 Å². The average Bonchev–Trinajstić information content (AvgIpc) is 2.90. The number of hydrogen-bond donors (Lipinski definition) is 0. The highest BCUT2D eigenvalue weighted by atomic mass is 35.5. The van der Waals surface area contributed by atoms with E-state index in [1.165, 1.54) is 5.56 Å². The zero-order chi connectivity index (χ0) is 13.2. The van der Waals surface area contributed by atoms with Gasteiger partial charge in [0.05, 0.1) is 6.61 Å². The lowest BCUT2D eigenvalue weighted by atomic mass is 10.1. The molecule has 2 nitrogen and oxygen atoms in total. The molecule has 3 unspecified atom stereocenters. The van der Waals surface area contributed by atoms with Gasteiger partial charge in [0.15, 0.2) is 6.29 Å². The van der Waals surface area contributed by atoms with E-state index in [0.29, 0.717) is 13.2 Å². The normalized spacial score (nSPS) is 26.9. The molecule has 18 heavy (non-hydrogen) atoms. The fourth-order valence-corrected chi connectivity index (χ4v) is 3.04. The Morgan fingerprint density at radius 1 is 1.22 bits per heavy atom. The number of alkyl halides is 2. The van der Waals surface area contributed by atoms with Crippen LogP contribution < -0.4 is 0 Å². The summed E-state index contributed by atoms with van der Waals surface area (Å²) in [4.78, 5) is 0. The van der Waals surface area contributed by atoms with Gasteiger partial charge in [-0.25, -0.2) is 0 Å². The first-order valence-electron chi connectivity index (χ1n) is 6.23. The Labute approximate surface area is 118 Å². The molecule has 100 valence electrons. The number of rotatable bonds is 6. The van der Waals surface area contributed by atoms with Crippen LogP contribution in [-0.2, 0) is 9.47 Å². The second-order valence-electron chi connectivity index (χ2n) is 4.53. The van der Waals surface area contributed by atoms with E-state index in [9.17, 15) is 0 Å². The third kappa shape index (κ3) is 3.00. The summed E-state index contributed by atoms with van der Waals surface area (Å²) >= 11 is 12.6. The van der Waals surface area contributed by atoms with Crippen LogP contribution in [0.15, 0.2) is 30.3 Å². The van der Waals surface area contributed by atoms with Crippen LogP contribution in [0, 0.1) is 5.92 Å². The van der Waals surface area contributed by atoms with Crippen LogP contribution in [0.3, 0.4) is 0 Å². The Balaban J connectivity index is 1.91. The van der Waals surface area contributed by atoms with E-state index in [2.05, 4.69) is 12.1 Å². The van der Waals surface area contributed by atoms with Gasteiger partial charge in [-0.2, -0.15) is 0 Å². The highest BCUT2D eigenvalue weighted by Crippen LogP contribution is 2.64. The minimum atomic E-state index is -0.715. The first-order valence-corrected chi connectivity index (χ1v) is 6.99. The Kier molecular flexibility index (Phi) is 4.54. The minimum Gasteiger partial charge on any atom is -0.353 e. The van der Waals surface area contributed by atoms with Crippen molar-refractivity contribution in [2.45, 2.75) is 30.4 Å². The van der Waals surface area contributed by atoms with Crippen molar-refractivity contribution >= 4 is 23.2 Å². The summed E-state index contributed by atoms with van der Waals surface area (Å²) in [7, 11) is 0. The van der Waals surface area contributed by atoms with E-state index in [4.69, 9.17) is 32.7 Å². The van der Waals surface area contributed by atoms with Gasteiger partial charge in [-0.1, -0.05) is 30.3 Å². The van der Waals surface area contributed by atoms with E-state index >= 15 is 0 Å². The maximum Gasteiger partial charge on any atom is 0.154 e. The van der Waals surface area contributed by atoms with Crippen molar-refractivity contribution in [3.8, 4) is 0 Å². The molecule has 0 amide bonds. The van der Waals surface area contributed by atoms with Crippen molar-refractivity contribution in [3.05, 3.63) is 35.9 Å². The Bertz CT molecular complexity index is 381. The van der Waals surface area contributed by atoms with Crippen LogP contribution in [0.1, 0.15) is 25.3 Å². The van der Waals surface area contributed by atoms with Gasteiger partial charge in [0.1, 0.15) is 4.33 Å². The van der Waals surface area contributed by atoms with Crippen LogP contribution in [0.25, 0.3) is 0 Å². The Morgan fingerprint density at radius 2 is 1.89 bits per heavy atom. The maximum absolute atomic E-state index is 6.31. The second kappa shape index (κ2) is 5.79. The largest absolute Gasteiger partial charge is 0.353 e. The lowest BCUT2D eigenvalue weighted by Gasteiger charge is -2.12. The molecule has 1 aliphatic rings. The van der Waals surface area contributed by atoms with E-state index in [0.717, 1.165) is 0 Å².